The summed E-state index contributed by atoms with van der Waals surface area (Å²) < 4.78 is 46.4. The number of alkyl halides is 1. The van der Waals surface area contributed by atoms with Gasteiger partial charge in [0.15, 0.2) is 5.82 Å². The Balaban J connectivity index is 1.88. The fraction of sp³-hybridized carbons (Fsp3) is 0.381. The Hall–Kier alpha value is -2.48. The first-order valence-electron chi connectivity index (χ1n) is 9.71. The van der Waals surface area contributed by atoms with Crippen LogP contribution in [0.3, 0.4) is 0 Å². The molecular weight excluding hydrogens is 397 g/mol. The molecule has 1 aromatic carbocycles. The fourth-order valence-electron chi connectivity index (χ4n) is 4.26. The molecule has 0 radical (unpaired) electrons. The summed E-state index contributed by atoms with van der Waals surface area (Å²) in [5.41, 5.74) is 1.49. The maximum atomic E-state index is 15.0. The van der Waals surface area contributed by atoms with Crippen molar-refractivity contribution in [2.24, 2.45) is 4.99 Å². The van der Waals surface area contributed by atoms with E-state index in [0.717, 1.165) is 18.4 Å². The summed E-state index contributed by atoms with van der Waals surface area (Å²) in [5, 5.41) is 9.12. The number of aryl methyl sites for hydroxylation is 1. The van der Waals surface area contributed by atoms with Gasteiger partial charge < -0.3 is 0 Å². The lowest BCUT2D eigenvalue weighted by atomic mass is 9.95. The van der Waals surface area contributed by atoms with E-state index < -0.39 is 23.8 Å². The molecule has 2 atom stereocenters. The van der Waals surface area contributed by atoms with Crippen molar-refractivity contribution >= 4 is 17.0 Å². The standard InChI is InChI=1S/C21H19F3N4S/c1-10-20-27-26-11(2)28(20)21-16(12-6-3-4-7-15(24)19(12)29-21)18(25-10)17-13(22)8-5-9-14(17)23/h5,8-10,15H,3-4,6-7H2,1-2H3/t10-,15+/m0/s1. The van der Waals surface area contributed by atoms with E-state index in [-0.39, 0.29) is 11.3 Å². The molecule has 1 aliphatic heterocycles. The van der Waals surface area contributed by atoms with Crippen molar-refractivity contribution in [1.29, 1.82) is 0 Å². The molecule has 0 amide bonds. The van der Waals surface area contributed by atoms with Crippen molar-refractivity contribution in [3.63, 3.8) is 0 Å². The third-order valence-electron chi connectivity index (χ3n) is 5.62. The first-order valence-corrected chi connectivity index (χ1v) is 10.5. The minimum atomic E-state index is -1.09. The van der Waals surface area contributed by atoms with Gasteiger partial charge >= 0.3 is 0 Å². The number of aromatic nitrogens is 3. The van der Waals surface area contributed by atoms with Crippen molar-refractivity contribution in [2.75, 3.05) is 0 Å². The van der Waals surface area contributed by atoms with E-state index in [9.17, 15) is 13.2 Å². The third kappa shape index (κ3) is 2.76. The third-order valence-corrected chi connectivity index (χ3v) is 6.93. The molecule has 0 saturated heterocycles. The molecule has 0 unspecified atom stereocenters. The van der Waals surface area contributed by atoms with Crippen LogP contribution in [0.4, 0.5) is 13.2 Å². The smallest absolute Gasteiger partial charge is 0.162 e. The van der Waals surface area contributed by atoms with Gasteiger partial charge in [0.05, 0.1) is 11.3 Å². The quantitative estimate of drug-likeness (QED) is 0.487. The zero-order valence-electron chi connectivity index (χ0n) is 16.0. The molecule has 0 bridgehead atoms. The Bertz CT molecular complexity index is 1130. The van der Waals surface area contributed by atoms with E-state index in [1.165, 1.54) is 29.5 Å². The number of thiophene rings is 1. The van der Waals surface area contributed by atoms with Crippen LogP contribution >= 0.6 is 11.3 Å². The Labute approximate surface area is 170 Å². The van der Waals surface area contributed by atoms with Crippen molar-refractivity contribution in [1.82, 2.24) is 14.8 Å². The van der Waals surface area contributed by atoms with Crippen LogP contribution in [0.15, 0.2) is 23.2 Å². The maximum absolute atomic E-state index is 15.0. The lowest BCUT2D eigenvalue weighted by Gasteiger charge is -2.12. The largest absolute Gasteiger partial charge is 0.273 e. The molecular formula is C21H19F3N4S. The van der Waals surface area contributed by atoms with Crippen LogP contribution in [0, 0.1) is 18.6 Å². The number of halogens is 3. The number of fused-ring (bicyclic) bond motifs is 5. The van der Waals surface area contributed by atoms with Gasteiger partial charge in [-0.15, -0.1) is 21.5 Å². The Morgan fingerprint density at radius 1 is 1.10 bits per heavy atom. The number of hydrogen-bond acceptors (Lipinski definition) is 4. The summed E-state index contributed by atoms with van der Waals surface area (Å²) >= 11 is 1.33. The average Bonchev–Trinajstić information content (AvgIpc) is 3.15. The van der Waals surface area contributed by atoms with Gasteiger partial charge in [-0.1, -0.05) is 6.07 Å². The summed E-state index contributed by atoms with van der Waals surface area (Å²) in [6.07, 6.45) is 1.63. The molecule has 4 nitrogen and oxygen atoms in total. The summed E-state index contributed by atoms with van der Waals surface area (Å²) in [5.74, 6) is -0.129. The molecule has 0 fully saturated rings. The molecule has 29 heavy (non-hydrogen) atoms. The number of hydrogen-bond donors (Lipinski definition) is 0. The monoisotopic (exact) mass is 416 g/mol. The summed E-state index contributed by atoms with van der Waals surface area (Å²) in [6.45, 7) is 3.64. The minimum absolute atomic E-state index is 0.169. The normalized spacial score (nSPS) is 20.9. The van der Waals surface area contributed by atoms with Gasteiger partial charge in [-0.3, -0.25) is 9.56 Å². The van der Waals surface area contributed by atoms with Gasteiger partial charge in [-0.25, -0.2) is 13.2 Å². The van der Waals surface area contributed by atoms with Crippen molar-refractivity contribution in [2.45, 2.75) is 51.7 Å². The number of benzene rings is 1. The molecule has 1 aliphatic carbocycles. The van der Waals surface area contributed by atoms with Gasteiger partial charge in [0, 0.05) is 10.4 Å². The first-order chi connectivity index (χ1) is 14.0. The van der Waals surface area contributed by atoms with Crippen LogP contribution in [-0.2, 0) is 6.42 Å². The Morgan fingerprint density at radius 2 is 1.86 bits per heavy atom. The van der Waals surface area contributed by atoms with Crippen LogP contribution in [-0.4, -0.2) is 20.5 Å². The molecule has 8 heteroatoms. The number of aliphatic imine (C=N–C) groups is 1. The molecule has 150 valence electrons. The van der Waals surface area contributed by atoms with E-state index in [0.29, 0.717) is 39.9 Å². The lowest BCUT2D eigenvalue weighted by Crippen LogP contribution is -2.12. The van der Waals surface area contributed by atoms with Gasteiger partial charge in [-0.2, -0.15) is 0 Å². The minimum Gasteiger partial charge on any atom is -0.273 e. The van der Waals surface area contributed by atoms with E-state index >= 15 is 0 Å². The van der Waals surface area contributed by atoms with E-state index in [1.807, 2.05) is 18.4 Å². The van der Waals surface area contributed by atoms with E-state index in [2.05, 4.69) is 10.2 Å². The Morgan fingerprint density at radius 3 is 2.62 bits per heavy atom. The second-order valence-electron chi connectivity index (χ2n) is 7.53. The predicted molar refractivity (Wildman–Crippen MR) is 106 cm³/mol. The summed E-state index contributed by atoms with van der Waals surface area (Å²) in [4.78, 5) is 5.33. The van der Waals surface area contributed by atoms with Gasteiger partial charge in [-0.05, 0) is 57.2 Å². The van der Waals surface area contributed by atoms with E-state index in [1.54, 1.807) is 0 Å². The highest BCUT2D eigenvalue weighted by molar-refractivity contribution is 7.15. The Kier molecular flexibility index (Phi) is 4.34. The molecule has 0 spiro atoms. The first kappa shape index (κ1) is 18.5. The van der Waals surface area contributed by atoms with Crippen LogP contribution < -0.4 is 0 Å². The van der Waals surface area contributed by atoms with Gasteiger partial charge in [0.25, 0.3) is 0 Å². The molecule has 0 saturated carbocycles. The molecule has 0 N–H and O–H groups in total. The highest BCUT2D eigenvalue weighted by Gasteiger charge is 2.35. The molecule has 3 aromatic rings. The fourth-order valence-corrected chi connectivity index (χ4v) is 5.68. The van der Waals surface area contributed by atoms with E-state index in [4.69, 9.17) is 4.99 Å². The number of rotatable bonds is 1. The van der Waals surface area contributed by atoms with Crippen molar-refractivity contribution < 1.29 is 13.2 Å². The SMILES string of the molecule is Cc1nnc2n1-c1sc3c(c1C(c1c(F)cccc1F)=N[C@H]2C)CCCC[C@H]3F. The second-order valence-corrected chi connectivity index (χ2v) is 8.56. The highest BCUT2D eigenvalue weighted by Crippen LogP contribution is 2.45. The van der Waals surface area contributed by atoms with Gasteiger partial charge in [0.1, 0.15) is 34.7 Å². The lowest BCUT2D eigenvalue weighted by molar-refractivity contribution is 0.325. The van der Waals surface area contributed by atoms with Crippen LogP contribution in [0.2, 0.25) is 0 Å². The zero-order valence-corrected chi connectivity index (χ0v) is 16.9. The summed E-state index contributed by atoms with van der Waals surface area (Å²) in [6, 6.07) is 3.34. The topological polar surface area (TPSA) is 43.1 Å². The molecule has 2 aliphatic rings. The average molecular weight is 416 g/mol. The van der Waals surface area contributed by atoms with Crippen molar-refractivity contribution in [3.05, 3.63) is 63.0 Å². The van der Waals surface area contributed by atoms with Crippen LogP contribution in [0.1, 0.15) is 71.6 Å². The predicted octanol–water partition coefficient (Wildman–Crippen LogP) is 5.56. The maximum Gasteiger partial charge on any atom is 0.162 e. The van der Waals surface area contributed by atoms with Crippen LogP contribution in [0.5, 0.6) is 0 Å². The van der Waals surface area contributed by atoms with Crippen molar-refractivity contribution in [3.8, 4) is 5.00 Å². The highest BCUT2D eigenvalue weighted by atomic mass is 32.1. The zero-order chi connectivity index (χ0) is 20.3. The summed E-state index contributed by atoms with van der Waals surface area (Å²) in [7, 11) is 0. The molecule has 5 rings (SSSR count). The molecule has 2 aromatic heterocycles. The molecule has 3 heterocycles. The number of nitrogens with zero attached hydrogens (tertiary/aromatic N) is 4. The van der Waals surface area contributed by atoms with Gasteiger partial charge in [0.2, 0.25) is 0 Å². The second kappa shape index (κ2) is 6.79. The van der Waals surface area contributed by atoms with Crippen LogP contribution in [0.25, 0.3) is 5.00 Å².